The monoisotopic (exact) mass is 265 g/mol. The third-order valence-corrected chi connectivity index (χ3v) is 3.38. The Morgan fingerprint density at radius 2 is 2.11 bits per heavy atom. The molecule has 3 N–H and O–H groups in total. The third-order valence-electron chi connectivity index (χ3n) is 3.38. The number of anilines is 1. The van der Waals surface area contributed by atoms with E-state index < -0.39 is 0 Å². The Hall–Kier alpha value is -1.62. The topological polar surface area (TPSA) is 58.4 Å². The number of nitrogens with two attached hydrogens (primary N) is 1. The molecule has 2 rings (SSSR count). The summed E-state index contributed by atoms with van der Waals surface area (Å²) in [6.45, 7) is 0.693. The van der Waals surface area contributed by atoms with Crippen molar-refractivity contribution < 1.29 is 9.18 Å². The van der Waals surface area contributed by atoms with Crippen LogP contribution in [0, 0.1) is 5.82 Å². The predicted molar refractivity (Wildman–Crippen MR) is 73.4 cm³/mol. The lowest BCUT2D eigenvalue weighted by molar-refractivity contribution is -0.120. The van der Waals surface area contributed by atoms with Gasteiger partial charge in [0, 0.05) is 25.3 Å². The molecule has 5 heteroatoms. The Kier molecular flexibility index (Phi) is 4.37. The highest BCUT2D eigenvalue weighted by Gasteiger charge is 2.27. The highest BCUT2D eigenvalue weighted by atomic mass is 19.1. The number of nitrogens with one attached hydrogen (secondary N) is 1. The Morgan fingerprint density at radius 1 is 1.47 bits per heavy atom. The third kappa shape index (κ3) is 4.21. The number of amides is 1. The van der Waals surface area contributed by atoms with Crippen LogP contribution in [0.1, 0.15) is 19.3 Å². The smallest absolute Gasteiger partial charge is 0.234 e. The first-order valence-electron chi connectivity index (χ1n) is 6.58. The summed E-state index contributed by atoms with van der Waals surface area (Å²) < 4.78 is 12.8. The second kappa shape index (κ2) is 6.02. The fourth-order valence-electron chi connectivity index (χ4n) is 1.99. The van der Waals surface area contributed by atoms with Crippen molar-refractivity contribution in [3.63, 3.8) is 0 Å². The van der Waals surface area contributed by atoms with Crippen LogP contribution in [0.25, 0.3) is 0 Å². The summed E-state index contributed by atoms with van der Waals surface area (Å²) in [6, 6.07) is 6.48. The first kappa shape index (κ1) is 13.8. The van der Waals surface area contributed by atoms with Crippen LogP contribution in [0.15, 0.2) is 24.3 Å². The molecule has 0 radical (unpaired) electrons. The highest BCUT2D eigenvalue weighted by molar-refractivity contribution is 5.80. The number of nitrogens with zero attached hydrogens (tertiary/aromatic N) is 1. The summed E-state index contributed by atoms with van der Waals surface area (Å²) in [7, 11) is 1.92. The summed E-state index contributed by atoms with van der Waals surface area (Å²) >= 11 is 0. The van der Waals surface area contributed by atoms with E-state index in [1.165, 1.54) is 12.1 Å². The van der Waals surface area contributed by atoms with Crippen molar-refractivity contribution in [2.45, 2.75) is 31.3 Å². The largest absolute Gasteiger partial charge is 0.375 e. The Morgan fingerprint density at radius 3 is 2.63 bits per heavy atom. The summed E-state index contributed by atoms with van der Waals surface area (Å²) in [5.74, 6) is -0.554. The van der Waals surface area contributed by atoms with E-state index in [1.807, 2.05) is 11.9 Å². The first-order valence-corrected chi connectivity index (χ1v) is 6.58. The molecule has 1 saturated carbocycles. The molecule has 4 nitrogen and oxygen atoms in total. The van der Waals surface area contributed by atoms with Crippen molar-refractivity contribution in [3.8, 4) is 0 Å². The predicted octanol–water partition coefficient (Wildman–Crippen LogP) is 1.26. The molecule has 0 saturated heterocycles. The van der Waals surface area contributed by atoms with Gasteiger partial charge in [0.2, 0.25) is 5.91 Å². The SMILES string of the molecule is CN(CCC(NC1CC1)C(N)=O)c1ccc(F)cc1. The maximum Gasteiger partial charge on any atom is 0.234 e. The zero-order valence-electron chi connectivity index (χ0n) is 11.1. The first-order chi connectivity index (χ1) is 9.06. The normalized spacial score (nSPS) is 16.1. The van der Waals surface area contributed by atoms with Crippen LogP contribution >= 0.6 is 0 Å². The van der Waals surface area contributed by atoms with Crippen molar-refractivity contribution in [3.05, 3.63) is 30.1 Å². The average Bonchev–Trinajstić information content (AvgIpc) is 3.18. The minimum absolute atomic E-state index is 0.248. The second-order valence-electron chi connectivity index (χ2n) is 5.08. The Bertz CT molecular complexity index is 431. The zero-order valence-corrected chi connectivity index (χ0v) is 11.1. The van der Waals surface area contributed by atoms with Gasteiger partial charge in [-0.3, -0.25) is 4.79 Å². The van der Waals surface area contributed by atoms with Gasteiger partial charge >= 0.3 is 0 Å². The van der Waals surface area contributed by atoms with Gasteiger partial charge in [0.1, 0.15) is 5.82 Å². The van der Waals surface area contributed by atoms with Crippen molar-refractivity contribution in [1.82, 2.24) is 5.32 Å². The molecular formula is C14H20FN3O. The van der Waals surface area contributed by atoms with E-state index in [0.717, 1.165) is 18.5 Å². The van der Waals surface area contributed by atoms with Gasteiger partial charge in [-0.1, -0.05) is 0 Å². The lowest BCUT2D eigenvalue weighted by Gasteiger charge is -2.22. The molecule has 1 atom stereocenters. The maximum atomic E-state index is 12.8. The van der Waals surface area contributed by atoms with Crippen LogP contribution in [-0.4, -0.2) is 31.6 Å². The summed E-state index contributed by atoms with van der Waals surface area (Å²) in [5, 5.41) is 3.25. The quantitative estimate of drug-likeness (QED) is 0.780. The minimum Gasteiger partial charge on any atom is -0.375 e. The van der Waals surface area contributed by atoms with E-state index in [9.17, 15) is 9.18 Å². The van der Waals surface area contributed by atoms with Crippen molar-refractivity contribution in [2.75, 3.05) is 18.5 Å². The number of carbonyl (C=O) groups is 1. The van der Waals surface area contributed by atoms with Crippen LogP contribution < -0.4 is 16.0 Å². The van der Waals surface area contributed by atoms with E-state index >= 15 is 0 Å². The molecule has 1 fully saturated rings. The van der Waals surface area contributed by atoms with Gasteiger partial charge in [-0.2, -0.15) is 0 Å². The molecule has 0 aromatic heterocycles. The molecule has 0 heterocycles. The Labute approximate surface area is 112 Å². The number of halogens is 1. The average molecular weight is 265 g/mol. The van der Waals surface area contributed by atoms with Crippen LogP contribution in [0.2, 0.25) is 0 Å². The van der Waals surface area contributed by atoms with Gasteiger partial charge in [0.25, 0.3) is 0 Å². The van der Waals surface area contributed by atoms with Gasteiger partial charge in [-0.05, 0) is 43.5 Å². The molecule has 19 heavy (non-hydrogen) atoms. The van der Waals surface area contributed by atoms with Crippen LogP contribution in [-0.2, 0) is 4.79 Å². The molecule has 104 valence electrons. The lowest BCUT2D eigenvalue weighted by Crippen LogP contribution is -2.44. The number of primary amides is 1. The molecule has 1 aromatic rings. The standard InChI is InChI=1S/C14H20FN3O/c1-18(12-6-2-10(15)3-7-12)9-8-13(14(16)19)17-11-4-5-11/h2-3,6-7,11,13,17H,4-5,8-9H2,1H3,(H2,16,19). The second-order valence-corrected chi connectivity index (χ2v) is 5.08. The molecule has 1 aliphatic carbocycles. The summed E-state index contributed by atoms with van der Waals surface area (Å²) in [6.07, 6.45) is 2.90. The van der Waals surface area contributed by atoms with E-state index in [0.29, 0.717) is 19.0 Å². The van der Waals surface area contributed by atoms with E-state index in [1.54, 1.807) is 12.1 Å². The fraction of sp³-hybridized carbons (Fsp3) is 0.500. The van der Waals surface area contributed by atoms with Gasteiger partial charge in [0.15, 0.2) is 0 Å². The molecule has 1 amide bonds. The summed E-state index contributed by atoms with van der Waals surface area (Å²) in [5.41, 5.74) is 6.31. The maximum absolute atomic E-state index is 12.8. The number of carbonyl (C=O) groups excluding carboxylic acids is 1. The van der Waals surface area contributed by atoms with Crippen LogP contribution in [0.5, 0.6) is 0 Å². The van der Waals surface area contributed by atoms with Crippen LogP contribution in [0.4, 0.5) is 10.1 Å². The van der Waals surface area contributed by atoms with E-state index in [-0.39, 0.29) is 17.8 Å². The Balaban J connectivity index is 1.85. The molecule has 1 unspecified atom stereocenters. The molecule has 1 aromatic carbocycles. The van der Waals surface area contributed by atoms with E-state index in [2.05, 4.69) is 5.32 Å². The van der Waals surface area contributed by atoms with Gasteiger partial charge in [-0.25, -0.2) is 4.39 Å². The van der Waals surface area contributed by atoms with E-state index in [4.69, 9.17) is 5.73 Å². The number of rotatable bonds is 7. The van der Waals surface area contributed by atoms with Crippen molar-refractivity contribution in [1.29, 1.82) is 0 Å². The molecule has 0 aliphatic heterocycles. The zero-order chi connectivity index (χ0) is 13.8. The molecular weight excluding hydrogens is 245 g/mol. The molecule has 0 bridgehead atoms. The lowest BCUT2D eigenvalue weighted by atomic mass is 10.1. The van der Waals surface area contributed by atoms with Gasteiger partial charge in [-0.15, -0.1) is 0 Å². The number of hydrogen-bond donors (Lipinski definition) is 2. The fourth-order valence-corrected chi connectivity index (χ4v) is 1.99. The van der Waals surface area contributed by atoms with Gasteiger partial charge in [0.05, 0.1) is 6.04 Å². The van der Waals surface area contributed by atoms with Crippen molar-refractivity contribution >= 4 is 11.6 Å². The van der Waals surface area contributed by atoms with Gasteiger partial charge < -0.3 is 16.0 Å². The minimum atomic E-state index is -0.306. The highest BCUT2D eigenvalue weighted by Crippen LogP contribution is 2.20. The number of hydrogen-bond acceptors (Lipinski definition) is 3. The van der Waals surface area contributed by atoms with Crippen molar-refractivity contribution in [2.24, 2.45) is 5.73 Å². The summed E-state index contributed by atoms with van der Waals surface area (Å²) in [4.78, 5) is 13.3. The number of benzene rings is 1. The molecule has 0 spiro atoms. The van der Waals surface area contributed by atoms with Crippen LogP contribution in [0.3, 0.4) is 0 Å². The molecule has 1 aliphatic rings.